The highest BCUT2D eigenvalue weighted by Gasteiger charge is 2.41. The zero-order valence-electron chi connectivity index (χ0n) is 15.8. The van der Waals surface area contributed by atoms with Gasteiger partial charge in [0.25, 0.3) is 0 Å². The fraction of sp³-hybridized carbons (Fsp3) is 0.722. The Labute approximate surface area is 150 Å². The molecule has 0 spiro atoms. The predicted octanol–water partition coefficient (Wildman–Crippen LogP) is 1.48. The number of carbonyl (C=O) groups excluding carboxylic acids is 1. The quantitative estimate of drug-likeness (QED) is 0.424. The molecule has 0 aliphatic heterocycles. The minimum absolute atomic E-state index is 0.211. The van der Waals surface area contributed by atoms with Crippen LogP contribution >= 0.6 is 0 Å². The molecule has 1 aromatic heterocycles. The summed E-state index contributed by atoms with van der Waals surface area (Å²) in [6.07, 6.45) is 8.83. The summed E-state index contributed by atoms with van der Waals surface area (Å²) in [4.78, 5) is 19.1. The summed E-state index contributed by atoms with van der Waals surface area (Å²) in [6.45, 7) is 5.11. The lowest BCUT2D eigenvalue weighted by atomic mass is 9.85. The maximum absolute atomic E-state index is 12.6. The van der Waals surface area contributed by atoms with E-state index >= 15 is 0 Å². The van der Waals surface area contributed by atoms with Crippen LogP contribution in [0.2, 0.25) is 0 Å². The average Bonchev–Trinajstić information content (AvgIpc) is 3.28. The number of hydrogen-bond donors (Lipinski definition) is 2. The van der Waals surface area contributed by atoms with Gasteiger partial charge in [0, 0.05) is 46.1 Å². The van der Waals surface area contributed by atoms with E-state index in [4.69, 9.17) is 4.99 Å². The number of nitrogens with zero attached hydrogens (tertiary/aromatic N) is 4. The first-order valence-electron chi connectivity index (χ1n) is 9.29. The van der Waals surface area contributed by atoms with E-state index in [1.54, 1.807) is 11.1 Å². The number of carbonyl (C=O) groups is 1. The van der Waals surface area contributed by atoms with Crippen molar-refractivity contribution in [2.24, 2.45) is 10.4 Å². The Hall–Kier alpha value is -2.05. The molecule has 0 bridgehead atoms. The van der Waals surface area contributed by atoms with Crippen LogP contribution in [0.25, 0.3) is 0 Å². The number of rotatable bonds is 8. The monoisotopic (exact) mass is 348 g/mol. The van der Waals surface area contributed by atoms with Gasteiger partial charge in [0.1, 0.15) is 0 Å². The molecule has 7 nitrogen and oxygen atoms in total. The molecule has 0 atom stereocenters. The van der Waals surface area contributed by atoms with Gasteiger partial charge in [-0.05, 0) is 32.3 Å². The van der Waals surface area contributed by atoms with E-state index in [1.165, 1.54) is 0 Å². The molecular weight excluding hydrogens is 316 g/mol. The summed E-state index contributed by atoms with van der Waals surface area (Å²) in [7, 11) is 3.68. The van der Waals surface area contributed by atoms with Gasteiger partial charge in [0.15, 0.2) is 5.96 Å². The standard InChI is InChI=1S/C18H32N6O/c1-4-19-17(20-11-7-13-24-14-8-12-22-24)21-15-18(9-5-6-10-18)16(25)23(2)3/h8,12,14H,4-7,9-11,13,15H2,1-3H3,(H2,19,20,21). The first kappa shape index (κ1) is 19.3. The third-order valence-electron chi connectivity index (χ3n) is 4.72. The van der Waals surface area contributed by atoms with Crippen molar-refractivity contribution < 1.29 is 4.79 Å². The molecule has 1 heterocycles. The van der Waals surface area contributed by atoms with Crippen LogP contribution in [0.4, 0.5) is 0 Å². The first-order valence-corrected chi connectivity index (χ1v) is 9.29. The summed E-state index contributed by atoms with van der Waals surface area (Å²) in [6, 6.07) is 1.93. The first-order chi connectivity index (χ1) is 12.1. The second-order valence-electron chi connectivity index (χ2n) is 6.93. The average molecular weight is 348 g/mol. The van der Waals surface area contributed by atoms with Crippen molar-refractivity contribution in [1.29, 1.82) is 0 Å². The van der Waals surface area contributed by atoms with E-state index in [0.717, 1.165) is 57.7 Å². The zero-order chi connectivity index (χ0) is 18.1. The van der Waals surface area contributed by atoms with Gasteiger partial charge in [-0.3, -0.25) is 14.5 Å². The molecule has 1 fully saturated rings. The van der Waals surface area contributed by atoms with E-state index in [0.29, 0.717) is 6.54 Å². The van der Waals surface area contributed by atoms with E-state index in [1.807, 2.05) is 31.0 Å². The maximum atomic E-state index is 12.6. The van der Waals surface area contributed by atoms with Crippen LogP contribution in [-0.2, 0) is 11.3 Å². The van der Waals surface area contributed by atoms with E-state index in [9.17, 15) is 4.79 Å². The van der Waals surface area contributed by atoms with Crippen molar-refractivity contribution in [3.8, 4) is 0 Å². The van der Waals surface area contributed by atoms with Gasteiger partial charge in [-0.25, -0.2) is 0 Å². The Kier molecular flexibility index (Phi) is 7.28. The number of aryl methyl sites for hydroxylation is 1. The normalized spacial score (nSPS) is 16.7. The van der Waals surface area contributed by atoms with Crippen LogP contribution < -0.4 is 10.6 Å². The van der Waals surface area contributed by atoms with Crippen molar-refractivity contribution in [2.45, 2.75) is 45.6 Å². The van der Waals surface area contributed by atoms with E-state index in [-0.39, 0.29) is 11.3 Å². The zero-order valence-corrected chi connectivity index (χ0v) is 15.8. The molecule has 0 saturated heterocycles. The lowest BCUT2D eigenvalue weighted by Crippen LogP contribution is -2.43. The molecule has 1 amide bonds. The molecule has 0 unspecified atom stereocenters. The second kappa shape index (κ2) is 9.44. The number of hydrogen-bond acceptors (Lipinski definition) is 3. The maximum Gasteiger partial charge on any atom is 0.230 e. The number of nitrogens with one attached hydrogen (secondary N) is 2. The van der Waals surface area contributed by atoms with Crippen LogP contribution in [0.1, 0.15) is 39.0 Å². The van der Waals surface area contributed by atoms with Crippen molar-refractivity contribution >= 4 is 11.9 Å². The summed E-state index contributed by atoms with van der Waals surface area (Å²) in [5, 5.41) is 10.8. The largest absolute Gasteiger partial charge is 0.357 e. The minimum Gasteiger partial charge on any atom is -0.357 e. The molecule has 1 aliphatic carbocycles. The summed E-state index contributed by atoms with van der Waals surface area (Å²) < 4.78 is 1.93. The van der Waals surface area contributed by atoms with Gasteiger partial charge in [0.2, 0.25) is 5.91 Å². The molecule has 25 heavy (non-hydrogen) atoms. The van der Waals surface area contributed by atoms with Gasteiger partial charge >= 0.3 is 0 Å². The Bertz CT molecular complexity index is 546. The van der Waals surface area contributed by atoms with Crippen LogP contribution in [-0.4, -0.2) is 60.3 Å². The molecule has 0 aromatic carbocycles. The number of guanidine groups is 1. The van der Waals surface area contributed by atoms with Gasteiger partial charge in [0.05, 0.1) is 12.0 Å². The molecule has 2 N–H and O–H groups in total. The van der Waals surface area contributed by atoms with Crippen molar-refractivity contribution in [3.63, 3.8) is 0 Å². The molecule has 1 aromatic rings. The van der Waals surface area contributed by atoms with Crippen molar-refractivity contribution in [3.05, 3.63) is 18.5 Å². The van der Waals surface area contributed by atoms with Crippen molar-refractivity contribution in [2.75, 3.05) is 33.7 Å². The molecule has 0 radical (unpaired) electrons. The summed E-state index contributed by atoms with van der Waals surface area (Å²) in [5.74, 6) is 1.00. The Morgan fingerprint density at radius 2 is 2.08 bits per heavy atom. The van der Waals surface area contributed by atoms with Gasteiger partial charge < -0.3 is 15.5 Å². The Balaban J connectivity index is 1.89. The SMILES string of the molecule is CCNC(=NCC1(C(=O)N(C)C)CCCC1)NCCCn1cccn1. The number of aromatic nitrogens is 2. The molecule has 1 aliphatic rings. The van der Waals surface area contributed by atoms with Crippen molar-refractivity contribution in [1.82, 2.24) is 25.3 Å². The smallest absolute Gasteiger partial charge is 0.230 e. The van der Waals surface area contributed by atoms with E-state index in [2.05, 4.69) is 22.7 Å². The van der Waals surface area contributed by atoms with Crippen LogP contribution in [0.15, 0.2) is 23.5 Å². The topological polar surface area (TPSA) is 74.6 Å². The molecule has 2 rings (SSSR count). The van der Waals surface area contributed by atoms with Gasteiger partial charge in [-0.15, -0.1) is 0 Å². The van der Waals surface area contributed by atoms with E-state index < -0.39 is 0 Å². The predicted molar refractivity (Wildman–Crippen MR) is 100 cm³/mol. The Morgan fingerprint density at radius 3 is 2.68 bits per heavy atom. The molecule has 7 heteroatoms. The second-order valence-corrected chi connectivity index (χ2v) is 6.93. The third-order valence-corrected chi connectivity index (χ3v) is 4.72. The minimum atomic E-state index is -0.319. The third kappa shape index (κ3) is 5.47. The highest BCUT2D eigenvalue weighted by molar-refractivity contribution is 5.84. The lowest BCUT2D eigenvalue weighted by molar-refractivity contribution is -0.138. The molecular formula is C18H32N6O. The van der Waals surface area contributed by atoms with Crippen LogP contribution in [0.5, 0.6) is 0 Å². The fourth-order valence-electron chi connectivity index (χ4n) is 3.42. The van der Waals surface area contributed by atoms with Gasteiger partial charge in [-0.2, -0.15) is 5.10 Å². The lowest BCUT2D eigenvalue weighted by Gasteiger charge is -2.29. The number of aliphatic imine (C=N–C) groups is 1. The van der Waals surface area contributed by atoms with Crippen LogP contribution in [0.3, 0.4) is 0 Å². The Morgan fingerprint density at radius 1 is 1.32 bits per heavy atom. The number of amides is 1. The highest BCUT2D eigenvalue weighted by Crippen LogP contribution is 2.39. The van der Waals surface area contributed by atoms with Crippen LogP contribution in [0, 0.1) is 5.41 Å². The highest BCUT2D eigenvalue weighted by atomic mass is 16.2. The van der Waals surface area contributed by atoms with Gasteiger partial charge in [-0.1, -0.05) is 12.8 Å². The summed E-state index contributed by atoms with van der Waals surface area (Å²) in [5.41, 5.74) is -0.319. The molecule has 140 valence electrons. The summed E-state index contributed by atoms with van der Waals surface area (Å²) >= 11 is 0. The fourth-order valence-corrected chi connectivity index (χ4v) is 3.42. The molecule has 1 saturated carbocycles.